The third-order valence-electron chi connectivity index (χ3n) is 2.06. The highest BCUT2D eigenvalue weighted by Crippen LogP contribution is 2.15. The van der Waals surface area contributed by atoms with Gasteiger partial charge < -0.3 is 14.9 Å². The molecule has 0 saturated carbocycles. The predicted molar refractivity (Wildman–Crippen MR) is 59.6 cm³/mol. The summed E-state index contributed by atoms with van der Waals surface area (Å²) in [5.74, 6) is -3.99. The summed E-state index contributed by atoms with van der Waals surface area (Å²) in [5.41, 5.74) is -0.306. The van der Waals surface area contributed by atoms with Gasteiger partial charge in [0.15, 0.2) is 0 Å². The van der Waals surface area contributed by atoms with Gasteiger partial charge in [0, 0.05) is 6.92 Å². The summed E-state index contributed by atoms with van der Waals surface area (Å²) >= 11 is 0. The Morgan fingerprint density at radius 2 is 1.88 bits per heavy atom. The average Bonchev–Trinajstić information content (AvgIpc) is 2.28. The summed E-state index contributed by atoms with van der Waals surface area (Å²) < 4.78 is 4.70. The second-order valence-corrected chi connectivity index (χ2v) is 3.50. The van der Waals surface area contributed by atoms with Crippen LogP contribution in [0.1, 0.15) is 27.6 Å². The first-order chi connectivity index (χ1) is 7.87. The Bertz CT molecular complexity index is 462. The highest BCUT2D eigenvalue weighted by molar-refractivity contribution is 6.02. The number of benzene rings is 1. The number of aromatic carboxylic acids is 1. The Kier molecular flexibility index (Phi) is 3.65. The van der Waals surface area contributed by atoms with Crippen molar-refractivity contribution in [3.63, 3.8) is 0 Å². The number of esters is 1. The lowest BCUT2D eigenvalue weighted by molar-refractivity contribution is -0.113. The highest BCUT2D eigenvalue weighted by Gasteiger charge is 2.25. The molecular formula is C12H12O5. The Morgan fingerprint density at radius 1 is 1.35 bits per heavy atom. The molecule has 1 aromatic rings. The van der Waals surface area contributed by atoms with Gasteiger partial charge in [-0.1, -0.05) is 18.7 Å². The van der Waals surface area contributed by atoms with Gasteiger partial charge in [-0.2, -0.15) is 0 Å². The molecule has 0 spiro atoms. The number of hydrogen-bond acceptors (Lipinski definition) is 4. The molecule has 0 bridgehead atoms. The second kappa shape index (κ2) is 4.80. The fourth-order valence-corrected chi connectivity index (χ4v) is 1.13. The van der Waals surface area contributed by atoms with E-state index in [2.05, 4.69) is 6.58 Å². The van der Waals surface area contributed by atoms with E-state index < -0.39 is 17.7 Å². The first-order valence-corrected chi connectivity index (χ1v) is 4.79. The third-order valence-corrected chi connectivity index (χ3v) is 2.06. The summed E-state index contributed by atoms with van der Waals surface area (Å²) in [6.45, 7) is 4.52. The lowest BCUT2D eigenvalue weighted by Gasteiger charge is -2.19. The standard InChI is InChI=1S/C12H12O5/c1-3-12(2,16)17-11(15)9-7-5-4-6-8(9)10(13)14/h3-7,16H,1H2,2H3,(H,13,14). The molecule has 1 unspecified atom stereocenters. The molecule has 5 nitrogen and oxygen atoms in total. The Labute approximate surface area is 98.0 Å². The molecule has 0 saturated heterocycles. The molecule has 0 amide bonds. The van der Waals surface area contributed by atoms with Crippen LogP contribution in [0.3, 0.4) is 0 Å². The van der Waals surface area contributed by atoms with Crippen LogP contribution in [0.25, 0.3) is 0 Å². The van der Waals surface area contributed by atoms with Crippen LogP contribution in [-0.4, -0.2) is 27.9 Å². The van der Waals surface area contributed by atoms with Gasteiger partial charge in [0.1, 0.15) is 0 Å². The number of ether oxygens (including phenoxy) is 1. The first kappa shape index (κ1) is 12.9. The van der Waals surface area contributed by atoms with Crippen molar-refractivity contribution < 1.29 is 24.5 Å². The lowest BCUT2D eigenvalue weighted by Crippen LogP contribution is -2.29. The zero-order chi connectivity index (χ0) is 13.1. The second-order valence-electron chi connectivity index (χ2n) is 3.50. The van der Waals surface area contributed by atoms with Gasteiger partial charge in [0.25, 0.3) is 0 Å². The van der Waals surface area contributed by atoms with Crippen molar-refractivity contribution >= 4 is 11.9 Å². The van der Waals surface area contributed by atoms with Gasteiger partial charge in [0.2, 0.25) is 5.79 Å². The smallest absolute Gasteiger partial charge is 0.341 e. The van der Waals surface area contributed by atoms with E-state index in [1.54, 1.807) is 0 Å². The number of carboxylic acids is 1. The van der Waals surface area contributed by atoms with Crippen LogP contribution in [0.15, 0.2) is 36.9 Å². The quantitative estimate of drug-likeness (QED) is 0.469. The van der Waals surface area contributed by atoms with Crippen molar-refractivity contribution in [2.45, 2.75) is 12.7 Å². The van der Waals surface area contributed by atoms with Crippen molar-refractivity contribution in [3.05, 3.63) is 48.0 Å². The number of rotatable bonds is 4. The monoisotopic (exact) mass is 236 g/mol. The normalized spacial score (nSPS) is 13.5. The van der Waals surface area contributed by atoms with Crippen LogP contribution >= 0.6 is 0 Å². The maximum atomic E-state index is 11.7. The molecule has 1 atom stereocenters. The van der Waals surface area contributed by atoms with Crippen molar-refractivity contribution in [3.8, 4) is 0 Å². The number of carbonyl (C=O) groups excluding carboxylic acids is 1. The Hall–Kier alpha value is -2.14. The molecule has 0 aliphatic heterocycles. The molecule has 2 N–H and O–H groups in total. The predicted octanol–water partition coefficient (Wildman–Crippen LogP) is 1.44. The number of aliphatic hydroxyl groups is 1. The Balaban J connectivity index is 3.05. The number of hydrogen-bond donors (Lipinski definition) is 2. The molecule has 5 heteroatoms. The minimum absolute atomic E-state index is 0.123. The lowest BCUT2D eigenvalue weighted by atomic mass is 10.1. The van der Waals surface area contributed by atoms with Crippen LogP contribution in [0.5, 0.6) is 0 Å². The molecule has 0 aliphatic rings. The van der Waals surface area contributed by atoms with Gasteiger partial charge in [-0.25, -0.2) is 9.59 Å². The molecule has 0 radical (unpaired) electrons. The van der Waals surface area contributed by atoms with Gasteiger partial charge in [-0.15, -0.1) is 0 Å². The van der Waals surface area contributed by atoms with E-state index in [1.807, 2.05) is 0 Å². The van der Waals surface area contributed by atoms with Crippen molar-refractivity contribution in [1.29, 1.82) is 0 Å². The average molecular weight is 236 g/mol. The van der Waals surface area contributed by atoms with Crippen LogP contribution in [0.4, 0.5) is 0 Å². The molecule has 1 rings (SSSR count). The fraction of sp³-hybridized carbons (Fsp3) is 0.167. The largest absolute Gasteiger partial charge is 0.478 e. The summed E-state index contributed by atoms with van der Waals surface area (Å²) in [7, 11) is 0. The number of carbonyl (C=O) groups is 2. The van der Waals surface area contributed by atoms with Gasteiger partial charge in [0.05, 0.1) is 11.1 Å². The molecule has 1 aromatic carbocycles. The first-order valence-electron chi connectivity index (χ1n) is 4.79. The van der Waals surface area contributed by atoms with Crippen LogP contribution in [-0.2, 0) is 4.74 Å². The number of carboxylic acid groups (broad SMARTS) is 1. The molecule has 0 heterocycles. The topological polar surface area (TPSA) is 83.8 Å². The van der Waals surface area contributed by atoms with Crippen LogP contribution in [0, 0.1) is 0 Å². The van der Waals surface area contributed by atoms with Crippen LogP contribution in [0.2, 0.25) is 0 Å². The minimum Gasteiger partial charge on any atom is -0.478 e. The van der Waals surface area contributed by atoms with E-state index in [-0.39, 0.29) is 11.1 Å². The van der Waals surface area contributed by atoms with Crippen molar-refractivity contribution in [2.75, 3.05) is 0 Å². The van der Waals surface area contributed by atoms with E-state index in [0.29, 0.717) is 0 Å². The fourth-order valence-electron chi connectivity index (χ4n) is 1.13. The zero-order valence-electron chi connectivity index (χ0n) is 9.21. The molecule has 0 fully saturated rings. The van der Waals surface area contributed by atoms with Gasteiger partial charge in [-0.05, 0) is 18.2 Å². The van der Waals surface area contributed by atoms with Gasteiger partial charge in [-0.3, -0.25) is 0 Å². The van der Waals surface area contributed by atoms with E-state index in [4.69, 9.17) is 9.84 Å². The molecule has 17 heavy (non-hydrogen) atoms. The van der Waals surface area contributed by atoms with E-state index >= 15 is 0 Å². The van der Waals surface area contributed by atoms with Crippen molar-refractivity contribution in [2.24, 2.45) is 0 Å². The summed E-state index contributed by atoms with van der Waals surface area (Å²) in [6.07, 6.45) is 1.04. The third kappa shape index (κ3) is 3.15. The van der Waals surface area contributed by atoms with E-state index in [0.717, 1.165) is 6.08 Å². The summed E-state index contributed by atoms with van der Waals surface area (Å²) in [6, 6.07) is 5.59. The maximum absolute atomic E-state index is 11.7. The van der Waals surface area contributed by atoms with Crippen LogP contribution < -0.4 is 0 Å². The summed E-state index contributed by atoms with van der Waals surface area (Å²) in [4.78, 5) is 22.5. The summed E-state index contributed by atoms with van der Waals surface area (Å²) in [5, 5.41) is 18.4. The minimum atomic E-state index is -1.83. The molecular weight excluding hydrogens is 224 g/mol. The zero-order valence-corrected chi connectivity index (χ0v) is 9.21. The van der Waals surface area contributed by atoms with Gasteiger partial charge >= 0.3 is 11.9 Å². The molecule has 0 aliphatic carbocycles. The molecule has 90 valence electrons. The Morgan fingerprint density at radius 3 is 2.35 bits per heavy atom. The highest BCUT2D eigenvalue weighted by atomic mass is 16.7. The van der Waals surface area contributed by atoms with E-state index in [1.165, 1.54) is 31.2 Å². The molecule has 0 aromatic heterocycles. The van der Waals surface area contributed by atoms with Crippen molar-refractivity contribution in [1.82, 2.24) is 0 Å². The van der Waals surface area contributed by atoms with E-state index in [9.17, 15) is 14.7 Å². The maximum Gasteiger partial charge on any atom is 0.341 e. The SMILES string of the molecule is C=CC(C)(O)OC(=O)c1ccccc1C(=O)O.